The maximum absolute atomic E-state index is 5.31. The summed E-state index contributed by atoms with van der Waals surface area (Å²) in [5, 5.41) is 3.49. The molecular formula is C14H23NO. The first-order valence-corrected chi connectivity index (χ1v) is 5.91. The van der Waals surface area contributed by atoms with E-state index in [0.717, 1.165) is 18.8 Å². The largest absolute Gasteiger partial charge is 0.496 e. The Morgan fingerprint density at radius 2 is 1.94 bits per heavy atom. The highest BCUT2D eigenvalue weighted by Crippen LogP contribution is 2.20. The molecule has 0 heterocycles. The molecule has 0 bridgehead atoms. The molecule has 0 saturated carbocycles. The second-order valence-corrected chi connectivity index (χ2v) is 4.93. The summed E-state index contributed by atoms with van der Waals surface area (Å²) in [6.07, 6.45) is 1.19. The van der Waals surface area contributed by atoms with Gasteiger partial charge in [-0.1, -0.05) is 39.0 Å². The van der Waals surface area contributed by atoms with Crippen molar-refractivity contribution in [2.24, 2.45) is 5.41 Å². The van der Waals surface area contributed by atoms with E-state index in [0.29, 0.717) is 5.41 Å². The normalized spacial score (nSPS) is 11.5. The predicted octanol–water partition coefficient (Wildman–Crippen LogP) is 3.22. The Labute approximate surface area is 99.0 Å². The van der Waals surface area contributed by atoms with Crippen LogP contribution in [-0.2, 0) is 6.54 Å². The van der Waals surface area contributed by atoms with Gasteiger partial charge in [-0.25, -0.2) is 0 Å². The third-order valence-corrected chi connectivity index (χ3v) is 3.07. The van der Waals surface area contributed by atoms with Crippen LogP contribution in [0.1, 0.15) is 32.8 Å². The minimum Gasteiger partial charge on any atom is -0.496 e. The Bertz CT molecular complexity index is 320. The average Bonchev–Trinajstić information content (AvgIpc) is 2.29. The molecule has 0 spiro atoms. The van der Waals surface area contributed by atoms with Gasteiger partial charge in [-0.15, -0.1) is 0 Å². The molecule has 2 nitrogen and oxygen atoms in total. The van der Waals surface area contributed by atoms with Gasteiger partial charge in [0.1, 0.15) is 5.75 Å². The number of hydrogen-bond donors (Lipinski definition) is 1. The van der Waals surface area contributed by atoms with Gasteiger partial charge >= 0.3 is 0 Å². The van der Waals surface area contributed by atoms with Gasteiger partial charge in [0, 0.05) is 18.7 Å². The van der Waals surface area contributed by atoms with E-state index < -0.39 is 0 Å². The minimum absolute atomic E-state index is 0.363. The Morgan fingerprint density at radius 3 is 2.56 bits per heavy atom. The van der Waals surface area contributed by atoms with Crippen molar-refractivity contribution in [2.45, 2.75) is 33.7 Å². The molecule has 0 aliphatic heterocycles. The quantitative estimate of drug-likeness (QED) is 0.796. The molecule has 16 heavy (non-hydrogen) atoms. The van der Waals surface area contributed by atoms with E-state index in [1.807, 2.05) is 18.2 Å². The lowest BCUT2D eigenvalue weighted by Gasteiger charge is -2.23. The van der Waals surface area contributed by atoms with E-state index in [1.165, 1.54) is 12.0 Å². The lowest BCUT2D eigenvalue weighted by atomic mass is 9.90. The Kier molecular flexibility index (Phi) is 4.81. The van der Waals surface area contributed by atoms with Crippen molar-refractivity contribution in [3.63, 3.8) is 0 Å². The summed E-state index contributed by atoms with van der Waals surface area (Å²) < 4.78 is 5.31. The van der Waals surface area contributed by atoms with E-state index in [-0.39, 0.29) is 0 Å². The molecule has 1 aromatic rings. The zero-order valence-electron chi connectivity index (χ0n) is 10.8. The second kappa shape index (κ2) is 5.90. The molecule has 0 atom stereocenters. The molecule has 1 rings (SSSR count). The van der Waals surface area contributed by atoms with Crippen LogP contribution in [0.15, 0.2) is 24.3 Å². The van der Waals surface area contributed by atoms with Crippen molar-refractivity contribution in [1.82, 2.24) is 5.32 Å². The molecule has 90 valence electrons. The van der Waals surface area contributed by atoms with Crippen LogP contribution in [0.2, 0.25) is 0 Å². The van der Waals surface area contributed by atoms with E-state index in [4.69, 9.17) is 4.74 Å². The third-order valence-electron chi connectivity index (χ3n) is 3.07. The number of ether oxygens (including phenoxy) is 1. The summed E-state index contributed by atoms with van der Waals surface area (Å²) in [6, 6.07) is 8.15. The van der Waals surface area contributed by atoms with Gasteiger partial charge in [0.05, 0.1) is 7.11 Å². The number of para-hydroxylation sites is 1. The summed E-state index contributed by atoms with van der Waals surface area (Å²) in [7, 11) is 1.72. The highest BCUT2D eigenvalue weighted by molar-refractivity contribution is 5.32. The minimum atomic E-state index is 0.363. The highest BCUT2D eigenvalue weighted by atomic mass is 16.5. The van der Waals surface area contributed by atoms with Crippen LogP contribution in [0.25, 0.3) is 0 Å². The summed E-state index contributed by atoms with van der Waals surface area (Å²) in [5.74, 6) is 0.962. The third kappa shape index (κ3) is 3.86. The summed E-state index contributed by atoms with van der Waals surface area (Å²) in [4.78, 5) is 0. The van der Waals surface area contributed by atoms with Crippen LogP contribution in [0, 0.1) is 5.41 Å². The number of methoxy groups -OCH3 is 1. The topological polar surface area (TPSA) is 21.3 Å². The van der Waals surface area contributed by atoms with Crippen molar-refractivity contribution in [3.8, 4) is 5.75 Å². The number of rotatable bonds is 6. The Hall–Kier alpha value is -1.02. The van der Waals surface area contributed by atoms with Gasteiger partial charge in [-0.2, -0.15) is 0 Å². The van der Waals surface area contributed by atoms with Crippen molar-refractivity contribution in [1.29, 1.82) is 0 Å². The van der Waals surface area contributed by atoms with E-state index in [2.05, 4.69) is 32.2 Å². The van der Waals surface area contributed by atoms with Crippen molar-refractivity contribution in [3.05, 3.63) is 29.8 Å². The van der Waals surface area contributed by atoms with E-state index in [9.17, 15) is 0 Å². The molecular weight excluding hydrogens is 198 g/mol. The van der Waals surface area contributed by atoms with Gasteiger partial charge in [-0.3, -0.25) is 0 Å². The maximum Gasteiger partial charge on any atom is 0.123 e. The first-order valence-electron chi connectivity index (χ1n) is 5.91. The van der Waals surface area contributed by atoms with Gasteiger partial charge in [0.15, 0.2) is 0 Å². The van der Waals surface area contributed by atoms with Crippen LogP contribution in [0.3, 0.4) is 0 Å². The first kappa shape index (κ1) is 13.0. The summed E-state index contributed by atoms with van der Waals surface area (Å²) in [5.41, 5.74) is 1.58. The van der Waals surface area contributed by atoms with Crippen LogP contribution < -0.4 is 10.1 Å². The molecule has 0 aromatic heterocycles. The fraction of sp³-hybridized carbons (Fsp3) is 0.571. The van der Waals surface area contributed by atoms with Crippen LogP contribution in [0.5, 0.6) is 5.75 Å². The SMILES string of the molecule is CCC(C)(C)CNCc1ccccc1OC. The maximum atomic E-state index is 5.31. The van der Waals surface area contributed by atoms with Crippen molar-refractivity contribution >= 4 is 0 Å². The lowest BCUT2D eigenvalue weighted by Crippen LogP contribution is -2.28. The molecule has 0 radical (unpaired) electrons. The standard InChI is InChI=1S/C14H23NO/c1-5-14(2,3)11-15-10-12-8-6-7-9-13(12)16-4/h6-9,15H,5,10-11H2,1-4H3. The molecule has 0 saturated heterocycles. The number of hydrogen-bond acceptors (Lipinski definition) is 2. The lowest BCUT2D eigenvalue weighted by molar-refractivity contribution is 0.326. The second-order valence-electron chi connectivity index (χ2n) is 4.93. The number of nitrogens with one attached hydrogen (secondary N) is 1. The Balaban J connectivity index is 2.49. The van der Waals surface area contributed by atoms with Gasteiger partial charge in [0.2, 0.25) is 0 Å². The highest BCUT2D eigenvalue weighted by Gasteiger charge is 2.14. The van der Waals surface area contributed by atoms with Crippen LogP contribution in [-0.4, -0.2) is 13.7 Å². The predicted molar refractivity (Wildman–Crippen MR) is 68.8 cm³/mol. The fourth-order valence-corrected chi connectivity index (χ4v) is 1.51. The van der Waals surface area contributed by atoms with Gasteiger partial charge in [-0.05, 0) is 17.9 Å². The van der Waals surface area contributed by atoms with Crippen LogP contribution >= 0.6 is 0 Å². The average molecular weight is 221 g/mol. The number of benzene rings is 1. The Morgan fingerprint density at radius 1 is 1.25 bits per heavy atom. The van der Waals surface area contributed by atoms with Gasteiger partial charge < -0.3 is 10.1 Å². The summed E-state index contributed by atoms with van der Waals surface area (Å²) in [6.45, 7) is 8.68. The van der Waals surface area contributed by atoms with E-state index in [1.54, 1.807) is 7.11 Å². The smallest absolute Gasteiger partial charge is 0.123 e. The molecule has 0 amide bonds. The monoisotopic (exact) mass is 221 g/mol. The molecule has 0 aliphatic carbocycles. The molecule has 1 aromatic carbocycles. The van der Waals surface area contributed by atoms with Crippen LogP contribution in [0.4, 0.5) is 0 Å². The molecule has 2 heteroatoms. The van der Waals surface area contributed by atoms with Crippen molar-refractivity contribution < 1.29 is 4.74 Å². The molecule has 1 N–H and O–H groups in total. The molecule has 0 unspecified atom stereocenters. The van der Waals surface area contributed by atoms with E-state index >= 15 is 0 Å². The molecule has 0 aliphatic rings. The zero-order chi connectivity index (χ0) is 12.0. The van der Waals surface area contributed by atoms with Gasteiger partial charge in [0.25, 0.3) is 0 Å². The van der Waals surface area contributed by atoms with Crippen molar-refractivity contribution in [2.75, 3.05) is 13.7 Å². The zero-order valence-corrected chi connectivity index (χ0v) is 10.8. The fourth-order valence-electron chi connectivity index (χ4n) is 1.51. The first-order chi connectivity index (χ1) is 7.59. The molecule has 0 fully saturated rings. The summed E-state index contributed by atoms with van der Waals surface area (Å²) >= 11 is 0.